The molecule has 0 spiro atoms. The van der Waals surface area contributed by atoms with Crippen LogP contribution in [-0.2, 0) is 11.3 Å². The van der Waals surface area contributed by atoms with E-state index in [1.165, 1.54) is 5.56 Å². The van der Waals surface area contributed by atoms with Gasteiger partial charge in [0.05, 0.1) is 6.04 Å². The molecule has 24 heavy (non-hydrogen) atoms. The van der Waals surface area contributed by atoms with Crippen LogP contribution in [0.15, 0.2) is 15.0 Å². The molecule has 1 atom stereocenters. The van der Waals surface area contributed by atoms with Gasteiger partial charge in [0.1, 0.15) is 11.5 Å². The molecule has 1 aliphatic heterocycles. The number of aryl methyl sites for hydroxylation is 2. The molecule has 0 aromatic carbocycles. The average Bonchev–Trinajstić information content (AvgIpc) is 3.16. The Morgan fingerprint density at radius 3 is 2.58 bits per heavy atom. The van der Waals surface area contributed by atoms with Crippen molar-refractivity contribution in [1.29, 1.82) is 0 Å². The van der Waals surface area contributed by atoms with Crippen molar-refractivity contribution < 1.29 is 13.7 Å². The molecule has 0 unspecified atom stereocenters. The van der Waals surface area contributed by atoms with Crippen LogP contribution in [0.25, 0.3) is 0 Å². The van der Waals surface area contributed by atoms with Gasteiger partial charge in [-0.2, -0.15) is 4.98 Å². The zero-order chi connectivity index (χ0) is 17.1. The van der Waals surface area contributed by atoms with E-state index in [2.05, 4.69) is 35.4 Å². The minimum absolute atomic E-state index is 0.0449. The lowest BCUT2D eigenvalue weighted by Gasteiger charge is -2.28. The van der Waals surface area contributed by atoms with Gasteiger partial charge in [0.2, 0.25) is 5.89 Å². The van der Waals surface area contributed by atoms with Gasteiger partial charge >= 0.3 is 0 Å². The minimum Gasteiger partial charge on any atom is -0.466 e. The van der Waals surface area contributed by atoms with E-state index < -0.39 is 0 Å². The molecule has 0 aliphatic carbocycles. The monoisotopic (exact) mass is 333 g/mol. The summed E-state index contributed by atoms with van der Waals surface area (Å²) in [5.74, 6) is 4.04. The third-order valence-electron chi connectivity index (χ3n) is 4.63. The van der Waals surface area contributed by atoms with E-state index in [0.717, 1.165) is 49.9 Å². The molecule has 0 bridgehead atoms. The summed E-state index contributed by atoms with van der Waals surface area (Å²) in [6.07, 6.45) is 2.00. The largest absolute Gasteiger partial charge is 0.466 e. The Labute approximate surface area is 143 Å². The fraction of sp³-hybridized carbons (Fsp3) is 0.667. The highest BCUT2D eigenvalue weighted by Crippen LogP contribution is 2.30. The molecule has 1 aliphatic rings. The van der Waals surface area contributed by atoms with E-state index in [4.69, 9.17) is 13.7 Å². The summed E-state index contributed by atoms with van der Waals surface area (Å²) in [6.45, 7) is 10.4. The topological polar surface area (TPSA) is 73.3 Å². The lowest BCUT2D eigenvalue weighted by molar-refractivity contribution is 0.0485. The van der Waals surface area contributed by atoms with Crippen LogP contribution < -0.4 is 5.32 Å². The van der Waals surface area contributed by atoms with Crippen molar-refractivity contribution in [3.05, 3.63) is 34.9 Å². The number of ether oxygens (including phenoxy) is 1. The number of nitrogens with one attached hydrogen (secondary N) is 1. The first-order valence-corrected chi connectivity index (χ1v) is 8.75. The Morgan fingerprint density at radius 1 is 1.25 bits per heavy atom. The van der Waals surface area contributed by atoms with E-state index in [1.54, 1.807) is 0 Å². The van der Waals surface area contributed by atoms with Gasteiger partial charge in [0.15, 0.2) is 5.82 Å². The number of rotatable bonds is 6. The van der Waals surface area contributed by atoms with Crippen molar-refractivity contribution in [3.63, 3.8) is 0 Å². The van der Waals surface area contributed by atoms with E-state index >= 15 is 0 Å². The molecular weight excluding hydrogens is 306 g/mol. The Balaban J connectivity index is 1.77. The van der Waals surface area contributed by atoms with Crippen LogP contribution >= 0.6 is 0 Å². The maximum absolute atomic E-state index is 5.62. The predicted molar refractivity (Wildman–Crippen MR) is 89.7 cm³/mol. The Hall–Kier alpha value is -1.66. The summed E-state index contributed by atoms with van der Waals surface area (Å²) in [5, 5.41) is 7.75. The zero-order valence-corrected chi connectivity index (χ0v) is 15.0. The van der Waals surface area contributed by atoms with Crippen molar-refractivity contribution in [1.82, 2.24) is 15.5 Å². The second kappa shape index (κ2) is 7.49. The fourth-order valence-electron chi connectivity index (χ4n) is 3.19. The van der Waals surface area contributed by atoms with Crippen molar-refractivity contribution >= 4 is 0 Å². The van der Waals surface area contributed by atoms with E-state index in [1.807, 2.05) is 13.8 Å². The molecule has 0 saturated carbocycles. The molecule has 0 radical (unpaired) electrons. The van der Waals surface area contributed by atoms with Crippen LogP contribution in [0.5, 0.6) is 0 Å². The lowest BCUT2D eigenvalue weighted by atomic mass is 9.91. The second-order valence-corrected chi connectivity index (χ2v) is 6.89. The SMILES string of the molecule is Cc1cc(CN[C@@H](c2nc(C(C)C)no2)C2CCOCC2)c(C)o1. The smallest absolute Gasteiger partial charge is 0.244 e. The molecule has 132 valence electrons. The van der Waals surface area contributed by atoms with Gasteiger partial charge < -0.3 is 19.0 Å². The Bertz CT molecular complexity index is 656. The van der Waals surface area contributed by atoms with Crippen LogP contribution in [-0.4, -0.2) is 23.4 Å². The number of hydrogen-bond acceptors (Lipinski definition) is 6. The maximum Gasteiger partial charge on any atom is 0.244 e. The molecule has 1 fully saturated rings. The van der Waals surface area contributed by atoms with Gasteiger partial charge in [-0.25, -0.2) is 0 Å². The van der Waals surface area contributed by atoms with Crippen LogP contribution in [0.4, 0.5) is 0 Å². The predicted octanol–water partition coefficient (Wildman–Crippen LogP) is 3.66. The highest BCUT2D eigenvalue weighted by Gasteiger charge is 2.30. The normalized spacial score (nSPS) is 17.5. The Kier molecular flexibility index (Phi) is 5.36. The van der Waals surface area contributed by atoms with E-state index in [9.17, 15) is 0 Å². The average molecular weight is 333 g/mol. The van der Waals surface area contributed by atoms with E-state index in [-0.39, 0.29) is 12.0 Å². The first-order chi connectivity index (χ1) is 11.5. The number of hydrogen-bond donors (Lipinski definition) is 1. The fourth-order valence-corrected chi connectivity index (χ4v) is 3.19. The summed E-state index contributed by atoms with van der Waals surface area (Å²) >= 11 is 0. The zero-order valence-electron chi connectivity index (χ0n) is 15.0. The van der Waals surface area contributed by atoms with Crippen LogP contribution in [0.2, 0.25) is 0 Å². The summed E-state index contributed by atoms with van der Waals surface area (Å²) in [7, 11) is 0. The molecule has 3 rings (SSSR count). The van der Waals surface area contributed by atoms with Gasteiger partial charge in [0.25, 0.3) is 0 Å². The minimum atomic E-state index is 0.0449. The molecule has 2 aromatic rings. The summed E-state index contributed by atoms with van der Waals surface area (Å²) in [4.78, 5) is 4.62. The highest BCUT2D eigenvalue weighted by atomic mass is 16.5. The molecule has 6 nitrogen and oxygen atoms in total. The number of aromatic nitrogens is 2. The van der Waals surface area contributed by atoms with Crippen molar-refractivity contribution in [2.45, 2.75) is 59.0 Å². The lowest BCUT2D eigenvalue weighted by Crippen LogP contribution is -2.32. The third-order valence-corrected chi connectivity index (χ3v) is 4.63. The van der Waals surface area contributed by atoms with Crippen LogP contribution in [0, 0.1) is 19.8 Å². The second-order valence-electron chi connectivity index (χ2n) is 6.89. The molecular formula is C18H27N3O3. The van der Waals surface area contributed by atoms with Gasteiger partial charge in [-0.15, -0.1) is 0 Å². The molecule has 6 heteroatoms. The highest BCUT2D eigenvalue weighted by molar-refractivity contribution is 5.20. The van der Waals surface area contributed by atoms with E-state index in [0.29, 0.717) is 11.8 Å². The molecule has 0 amide bonds. The quantitative estimate of drug-likeness (QED) is 0.869. The third kappa shape index (κ3) is 3.87. The molecule has 3 heterocycles. The molecule has 1 N–H and O–H groups in total. The summed E-state index contributed by atoms with van der Waals surface area (Å²) < 4.78 is 16.7. The molecule has 1 saturated heterocycles. The van der Waals surface area contributed by atoms with Gasteiger partial charge in [-0.1, -0.05) is 19.0 Å². The van der Waals surface area contributed by atoms with Crippen molar-refractivity contribution in [3.8, 4) is 0 Å². The number of furan rings is 1. The Morgan fingerprint density at radius 2 is 2.00 bits per heavy atom. The molecule has 2 aromatic heterocycles. The van der Waals surface area contributed by atoms with Crippen molar-refractivity contribution in [2.75, 3.05) is 13.2 Å². The first-order valence-electron chi connectivity index (χ1n) is 8.75. The number of nitrogens with zero attached hydrogens (tertiary/aromatic N) is 2. The first kappa shape index (κ1) is 17.2. The van der Waals surface area contributed by atoms with Gasteiger partial charge in [-0.05, 0) is 38.7 Å². The summed E-state index contributed by atoms with van der Waals surface area (Å²) in [6, 6.07) is 2.13. The van der Waals surface area contributed by atoms with Gasteiger partial charge in [0, 0.05) is 31.2 Å². The van der Waals surface area contributed by atoms with Crippen LogP contribution in [0.1, 0.15) is 67.4 Å². The van der Waals surface area contributed by atoms with Gasteiger partial charge in [-0.3, -0.25) is 0 Å². The van der Waals surface area contributed by atoms with Crippen LogP contribution in [0.3, 0.4) is 0 Å². The maximum atomic E-state index is 5.62. The standard InChI is InChI=1S/C18H27N3O3/c1-11(2)17-20-18(24-21-17)16(14-5-7-22-8-6-14)19-10-15-9-12(3)23-13(15)4/h9,11,14,16,19H,5-8,10H2,1-4H3/t16-/m1/s1. The summed E-state index contributed by atoms with van der Waals surface area (Å²) in [5.41, 5.74) is 1.17. The van der Waals surface area contributed by atoms with Crippen molar-refractivity contribution in [2.24, 2.45) is 5.92 Å².